The number of methoxy groups -OCH3 is 3. The summed E-state index contributed by atoms with van der Waals surface area (Å²) in [5, 5.41) is 12.4. The van der Waals surface area contributed by atoms with Crippen LogP contribution in [-0.4, -0.2) is 89.2 Å². The second-order valence-electron chi connectivity index (χ2n) is 9.45. The highest BCUT2D eigenvalue weighted by Crippen LogP contribution is 2.38. The van der Waals surface area contributed by atoms with Gasteiger partial charge in [-0.2, -0.15) is 4.98 Å². The molecular weight excluding hydrogens is 558 g/mol. The number of amides is 1. The van der Waals surface area contributed by atoms with Crippen molar-refractivity contribution in [2.45, 2.75) is 38.7 Å². The number of aromatic amines is 1. The number of ether oxygens (including phenoxy) is 6. The highest BCUT2D eigenvalue weighted by atomic mass is 16.6. The van der Waals surface area contributed by atoms with Crippen LogP contribution < -0.4 is 25.1 Å². The molecule has 3 unspecified atom stereocenters. The number of aromatic nitrogens is 4. The summed E-state index contributed by atoms with van der Waals surface area (Å²) in [7, 11) is 4.20. The van der Waals surface area contributed by atoms with Crippen LogP contribution in [0.2, 0.25) is 0 Å². The van der Waals surface area contributed by atoms with E-state index in [2.05, 4.69) is 20.3 Å². The molecule has 1 saturated heterocycles. The Morgan fingerprint density at radius 2 is 1.86 bits per heavy atom. The lowest BCUT2D eigenvalue weighted by atomic mass is 10.2. The number of esters is 2. The number of aliphatic hydroxyl groups is 1. The van der Waals surface area contributed by atoms with Gasteiger partial charge in [0.1, 0.15) is 18.4 Å². The summed E-state index contributed by atoms with van der Waals surface area (Å²) in [6, 6.07) is 2.75. The zero-order chi connectivity index (χ0) is 30.6. The van der Waals surface area contributed by atoms with E-state index in [1.54, 1.807) is 13.8 Å². The van der Waals surface area contributed by atoms with E-state index in [1.807, 2.05) is 0 Å². The number of hydrogen-bond donors (Lipinski definition) is 3. The van der Waals surface area contributed by atoms with Crippen molar-refractivity contribution in [2.24, 2.45) is 5.92 Å². The van der Waals surface area contributed by atoms with Crippen LogP contribution in [0.25, 0.3) is 11.2 Å². The minimum absolute atomic E-state index is 0.000782. The number of carbonyl (C=O) groups excluding carboxylic acids is 3. The molecule has 3 N–H and O–H groups in total. The Morgan fingerprint density at radius 1 is 1.17 bits per heavy atom. The molecule has 0 radical (unpaired) electrons. The minimum atomic E-state index is -0.927. The summed E-state index contributed by atoms with van der Waals surface area (Å²) in [5.41, 5.74) is -0.411. The molecule has 1 aromatic carbocycles. The number of aliphatic hydroxyl groups excluding tert-OH is 1. The van der Waals surface area contributed by atoms with Gasteiger partial charge in [0, 0.05) is 12.3 Å². The van der Waals surface area contributed by atoms with Gasteiger partial charge in [-0.05, 0) is 12.1 Å². The van der Waals surface area contributed by atoms with Crippen molar-refractivity contribution in [3.05, 3.63) is 34.4 Å². The normalized spacial score (nSPS) is 18.1. The molecule has 0 bridgehead atoms. The van der Waals surface area contributed by atoms with Crippen molar-refractivity contribution in [1.29, 1.82) is 0 Å². The maximum absolute atomic E-state index is 12.6. The molecule has 3 atom stereocenters. The fraction of sp³-hybridized carbons (Fsp3) is 0.462. The third-order valence-electron chi connectivity index (χ3n) is 6.37. The SMILES string of the molecule is COc1cc(C(=O)OCC(=O)OC2CC(n3cnc4c(=O)[nH]c(NC(=O)C(C)C)nc43)OC2CO)cc(OC)c1OC. The van der Waals surface area contributed by atoms with Gasteiger partial charge >= 0.3 is 11.9 Å². The van der Waals surface area contributed by atoms with E-state index in [-0.39, 0.29) is 58.2 Å². The fourth-order valence-electron chi connectivity index (χ4n) is 4.23. The first-order chi connectivity index (χ1) is 20.1. The van der Waals surface area contributed by atoms with Crippen LogP contribution in [0.5, 0.6) is 17.2 Å². The summed E-state index contributed by atoms with van der Waals surface area (Å²) >= 11 is 0. The van der Waals surface area contributed by atoms with Crippen molar-refractivity contribution < 1.29 is 47.9 Å². The van der Waals surface area contributed by atoms with E-state index in [1.165, 1.54) is 44.4 Å². The topological polar surface area (TPSA) is 202 Å². The highest BCUT2D eigenvalue weighted by Gasteiger charge is 2.39. The number of rotatable bonds is 11. The van der Waals surface area contributed by atoms with Gasteiger partial charge in [-0.15, -0.1) is 0 Å². The number of hydrogen-bond acceptors (Lipinski definition) is 13. The summed E-state index contributed by atoms with van der Waals surface area (Å²) in [6.45, 7) is 2.16. The van der Waals surface area contributed by atoms with Gasteiger partial charge in [0.15, 0.2) is 29.3 Å². The van der Waals surface area contributed by atoms with Crippen LogP contribution in [0.1, 0.15) is 36.9 Å². The molecule has 226 valence electrons. The summed E-state index contributed by atoms with van der Waals surface area (Å²) < 4.78 is 33.5. The van der Waals surface area contributed by atoms with E-state index in [9.17, 15) is 24.3 Å². The van der Waals surface area contributed by atoms with Gasteiger partial charge in [-0.25, -0.2) is 14.6 Å². The van der Waals surface area contributed by atoms with E-state index < -0.39 is 49.1 Å². The molecule has 1 aliphatic heterocycles. The Hall–Kier alpha value is -4.70. The Labute approximate surface area is 238 Å². The average Bonchev–Trinajstić information content (AvgIpc) is 3.58. The molecule has 16 nitrogen and oxygen atoms in total. The molecule has 1 amide bonds. The third kappa shape index (κ3) is 6.28. The molecule has 1 aliphatic rings. The molecule has 3 aromatic rings. The van der Waals surface area contributed by atoms with Gasteiger partial charge in [0.25, 0.3) is 5.56 Å². The average molecular weight is 590 g/mol. The number of imidazole rings is 1. The van der Waals surface area contributed by atoms with Gasteiger partial charge in [-0.3, -0.25) is 24.5 Å². The van der Waals surface area contributed by atoms with Crippen LogP contribution >= 0.6 is 0 Å². The summed E-state index contributed by atoms with van der Waals surface area (Å²) in [4.78, 5) is 60.6. The van der Waals surface area contributed by atoms with Gasteiger partial charge < -0.3 is 33.5 Å². The largest absolute Gasteiger partial charge is 0.493 e. The van der Waals surface area contributed by atoms with Crippen molar-refractivity contribution >= 4 is 35.0 Å². The fourth-order valence-corrected chi connectivity index (χ4v) is 4.23. The summed E-state index contributed by atoms with van der Waals surface area (Å²) in [5.74, 6) is -1.76. The van der Waals surface area contributed by atoms with Gasteiger partial charge in [0.2, 0.25) is 17.6 Å². The van der Waals surface area contributed by atoms with Crippen molar-refractivity contribution in [1.82, 2.24) is 19.5 Å². The van der Waals surface area contributed by atoms with Gasteiger partial charge in [0.05, 0.1) is 39.8 Å². The maximum atomic E-state index is 12.6. The predicted octanol–water partition coefficient (Wildman–Crippen LogP) is 0.789. The number of nitrogens with zero attached hydrogens (tertiary/aromatic N) is 3. The third-order valence-corrected chi connectivity index (χ3v) is 6.37. The highest BCUT2D eigenvalue weighted by molar-refractivity contribution is 5.92. The molecule has 0 spiro atoms. The van der Waals surface area contributed by atoms with Crippen molar-refractivity contribution in [3.8, 4) is 17.2 Å². The van der Waals surface area contributed by atoms with Crippen molar-refractivity contribution in [3.63, 3.8) is 0 Å². The Kier molecular flexibility index (Phi) is 9.27. The number of H-pyrrole nitrogens is 1. The van der Waals surface area contributed by atoms with E-state index in [0.29, 0.717) is 0 Å². The summed E-state index contributed by atoms with van der Waals surface area (Å²) in [6.07, 6.45) is -1.29. The zero-order valence-corrected chi connectivity index (χ0v) is 23.5. The zero-order valence-electron chi connectivity index (χ0n) is 23.5. The minimum Gasteiger partial charge on any atom is -0.493 e. The molecular formula is C26H31N5O11. The first-order valence-electron chi connectivity index (χ1n) is 12.8. The van der Waals surface area contributed by atoms with E-state index in [4.69, 9.17) is 28.4 Å². The van der Waals surface area contributed by atoms with E-state index in [0.717, 1.165) is 0 Å². The standard InChI is InChI=1S/C26H31N5O11/c1-12(2)23(34)29-26-28-22-20(24(35)30-26)27-11-31(22)18-8-14(17(9-32)41-18)42-19(33)10-40-25(36)13-6-15(37-3)21(39-5)16(7-13)38-4/h6-7,11-12,14,17-18,32H,8-10H2,1-5H3,(H2,28,29,30,34,35). The number of nitrogens with one attached hydrogen (secondary N) is 2. The number of fused-ring (bicyclic) bond motifs is 1. The molecule has 1 fully saturated rings. The van der Waals surface area contributed by atoms with Crippen LogP contribution in [-0.2, 0) is 23.8 Å². The lowest BCUT2D eigenvalue weighted by Gasteiger charge is -2.17. The quantitative estimate of drug-likeness (QED) is 0.265. The van der Waals surface area contributed by atoms with Crippen LogP contribution in [0.4, 0.5) is 5.95 Å². The van der Waals surface area contributed by atoms with Crippen LogP contribution in [0.3, 0.4) is 0 Å². The second kappa shape index (κ2) is 12.9. The molecule has 0 aliphatic carbocycles. The lowest BCUT2D eigenvalue weighted by molar-refractivity contribution is -0.156. The molecule has 16 heteroatoms. The number of benzene rings is 1. The first-order valence-corrected chi connectivity index (χ1v) is 12.8. The molecule has 42 heavy (non-hydrogen) atoms. The van der Waals surface area contributed by atoms with Gasteiger partial charge in [-0.1, -0.05) is 13.8 Å². The number of carbonyl (C=O) groups is 3. The van der Waals surface area contributed by atoms with Crippen molar-refractivity contribution in [2.75, 3.05) is 39.9 Å². The van der Waals surface area contributed by atoms with Crippen LogP contribution in [0, 0.1) is 5.92 Å². The molecule has 3 heterocycles. The second-order valence-corrected chi connectivity index (χ2v) is 9.45. The molecule has 2 aromatic heterocycles. The Balaban J connectivity index is 1.43. The molecule has 0 saturated carbocycles. The van der Waals surface area contributed by atoms with Crippen LogP contribution in [0.15, 0.2) is 23.3 Å². The smallest absolute Gasteiger partial charge is 0.344 e. The molecule has 4 rings (SSSR count). The monoisotopic (exact) mass is 589 g/mol. The number of anilines is 1. The Bertz CT molecular complexity index is 1510. The first kappa shape index (κ1) is 30.3. The maximum Gasteiger partial charge on any atom is 0.344 e. The van der Waals surface area contributed by atoms with E-state index >= 15 is 0 Å². The Morgan fingerprint density at radius 3 is 2.45 bits per heavy atom. The lowest BCUT2D eigenvalue weighted by Crippen LogP contribution is -2.31. The predicted molar refractivity (Wildman–Crippen MR) is 143 cm³/mol.